The first-order chi connectivity index (χ1) is 9.66. The molecule has 1 atom stereocenters. The van der Waals surface area contributed by atoms with Gasteiger partial charge in [-0.15, -0.1) is 0 Å². The molecule has 0 N–H and O–H groups in total. The van der Waals surface area contributed by atoms with E-state index in [0.717, 1.165) is 36.9 Å². The van der Waals surface area contributed by atoms with Gasteiger partial charge in [-0.25, -0.2) is 0 Å². The summed E-state index contributed by atoms with van der Waals surface area (Å²) >= 11 is 0. The number of aromatic nitrogens is 1. The Balaban J connectivity index is 1.79. The van der Waals surface area contributed by atoms with Crippen LogP contribution in [0.3, 0.4) is 0 Å². The lowest BCUT2D eigenvalue weighted by atomic mass is 9.98. The first-order valence-corrected chi connectivity index (χ1v) is 7.14. The second kappa shape index (κ2) is 5.23. The standard InChI is InChI=1S/C15H19N3O2/c1-11-5-6-16-8-12(11)9-17-10-14(19)18-7-3-2-4-13(18)15(17)20/h5-6,8,13H,2-4,7,9-10H2,1H3. The molecule has 20 heavy (non-hydrogen) atoms. The lowest BCUT2D eigenvalue weighted by Gasteiger charge is -2.42. The fourth-order valence-corrected chi connectivity index (χ4v) is 3.03. The molecule has 2 fully saturated rings. The van der Waals surface area contributed by atoms with Crippen LogP contribution >= 0.6 is 0 Å². The monoisotopic (exact) mass is 273 g/mol. The van der Waals surface area contributed by atoms with E-state index in [1.807, 2.05) is 13.0 Å². The van der Waals surface area contributed by atoms with Crippen molar-refractivity contribution in [2.75, 3.05) is 13.1 Å². The maximum absolute atomic E-state index is 12.5. The molecule has 0 spiro atoms. The number of nitrogens with zero attached hydrogens (tertiary/aromatic N) is 3. The van der Waals surface area contributed by atoms with Crippen molar-refractivity contribution >= 4 is 11.8 Å². The van der Waals surface area contributed by atoms with Gasteiger partial charge in [0.05, 0.1) is 0 Å². The van der Waals surface area contributed by atoms with Crippen molar-refractivity contribution in [2.45, 2.75) is 38.8 Å². The number of fused-ring (bicyclic) bond motifs is 1. The van der Waals surface area contributed by atoms with Crippen molar-refractivity contribution in [3.05, 3.63) is 29.6 Å². The predicted octanol–water partition coefficient (Wildman–Crippen LogP) is 1.11. The van der Waals surface area contributed by atoms with Crippen LogP contribution in [0.15, 0.2) is 18.5 Å². The van der Waals surface area contributed by atoms with E-state index in [0.29, 0.717) is 6.54 Å². The first-order valence-electron chi connectivity index (χ1n) is 7.14. The van der Waals surface area contributed by atoms with Crippen molar-refractivity contribution in [2.24, 2.45) is 0 Å². The van der Waals surface area contributed by atoms with Crippen LogP contribution in [0, 0.1) is 6.92 Å². The molecule has 3 heterocycles. The van der Waals surface area contributed by atoms with E-state index < -0.39 is 0 Å². The molecule has 2 aliphatic heterocycles. The van der Waals surface area contributed by atoms with Gasteiger partial charge in [0.1, 0.15) is 12.6 Å². The maximum Gasteiger partial charge on any atom is 0.246 e. The summed E-state index contributed by atoms with van der Waals surface area (Å²) in [6.45, 7) is 3.41. The van der Waals surface area contributed by atoms with Gasteiger partial charge in [-0.1, -0.05) is 0 Å². The lowest BCUT2D eigenvalue weighted by Crippen LogP contribution is -2.60. The smallest absolute Gasteiger partial charge is 0.246 e. The SMILES string of the molecule is Cc1ccncc1CN1CC(=O)N2CCCCC2C1=O. The fourth-order valence-electron chi connectivity index (χ4n) is 3.03. The Morgan fingerprint density at radius 2 is 2.20 bits per heavy atom. The van der Waals surface area contributed by atoms with Gasteiger partial charge in [-0.05, 0) is 43.4 Å². The summed E-state index contributed by atoms with van der Waals surface area (Å²) in [6, 6.07) is 1.69. The second-order valence-corrected chi connectivity index (χ2v) is 5.60. The Labute approximate surface area is 118 Å². The summed E-state index contributed by atoms with van der Waals surface area (Å²) in [5, 5.41) is 0. The largest absolute Gasteiger partial charge is 0.329 e. The minimum Gasteiger partial charge on any atom is -0.329 e. The quantitative estimate of drug-likeness (QED) is 0.811. The van der Waals surface area contributed by atoms with E-state index in [4.69, 9.17) is 0 Å². The van der Waals surface area contributed by atoms with Gasteiger partial charge in [-0.2, -0.15) is 0 Å². The third-order valence-electron chi connectivity index (χ3n) is 4.25. The summed E-state index contributed by atoms with van der Waals surface area (Å²) in [5.74, 6) is 0.170. The summed E-state index contributed by atoms with van der Waals surface area (Å²) in [5.41, 5.74) is 2.12. The molecule has 0 radical (unpaired) electrons. The Hall–Kier alpha value is -1.91. The molecule has 2 aliphatic rings. The number of piperazine rings is 1. The highest BCUT2D eigenvalue weighted by Gasteiger charge is 2.40. The molecule has 2 saturated heterocycles. The highest BCUT2D eigenvalue weighted by atomic mass is 16.2. The lowest BCUT2D eigenvalue weighted by molar-refractivity contribution is -0.158. The zero-order valence-electron chi connectivity index (χ0n) is 11.7. The first kappa shape index (κ1) is 13.1. The number of piperidine rings is 1. The molecule has 0 saturated carbocycles. The van der Waals surface area contributed by atoms with E-state index in [-0.39, 0.29) is 24.4 Å². The number of hydrogen-bond donors (Lipinski definition) is 0. The van der Waals surface area contributed by atoms with Crippen molar-refractivity contribution in [3.8, 4) is 0 Å². The summed E-state index contributed by atoms with van der Waals surface area (Å²) in [4.78, 5) is 32.3. The molecule has 5 heteroatoms. The maximum atomic E-state index is 12.5. The Bertz CT molecular complexity index is 544. The number of hydrogen-bond acceptors (Lipinski definition) is 3. The van der Waals surface area contributed by atoms with Crippen LogP contribution in [0.5, 0.6) is 0 Å². The molecule has 106 valence electrons. The van der Waals surface area contributed by atoms with Crippen LogP contribution in [0.25, 0.3) is 0 Å². The van der Waals surface area contributed by atoms with Gasteiger partial charge in [0.25, 0.3) is 0 Å². The van der Waals surface area contributed by atoms with E-state index in [2.05, 4.69) is 4.98 Å². The molecule has 5 nitrogen and oxygen atoms in total. The highest BCUT2D eigenvalue weighted by Crippen LogP contribution is 2.24. The van der Waals surface area contributed by atoms with Crippen molar-refractivity contribution in [1.29, 1.82) is 0 Å². The molecule has 0 aliphatic carbocycles. The van der Waals surface area contributed by atoms with Gasteiger partial charge < -0.3 is 9.80 Å². The van der Waals surface area contributed by atoms with E-state index in [1.165, 1.54) is 0 Å². The van der Waals surface area contributed by atoms with Gasteiger partial charge >= 0.3 is 0 Å². The van der Waals surface area contributed by atoms with Crippen LogP contribution in [0.1, 0.15) is 30.4 Å². The van der Waals surface area contributed by atoms with Gasteiger partial charge in [-0.3, -0.25) is 14.6 Å². The predicted molar refractivity (Wildman–Crippen MR) is 73.7 cm³/mol. The van der Waals surface area contributed by atoms with Gasteiger partial charge in [0.2, 0.25) is 11.8 Å². The summed E-state index contributed by atoms with van der Waals surface area (Å²) in [7, 11) is 0. The Morgan fingerprint density at radius 3 is 3.00 bits per heavy atom. The molecule has 2 amide bonds. The average Bonchev–Trinajstić information content (AvgIpc) is 2.47. The number of rotatable bonds is 2. The topological polar surface area (TPSA) is 53.5 Å². The molecule has 1 aromatic rings. The Morgan fingerprint density at radius 1 is 1.35 bits per heavy atom. The molecular weight excluding hydrogens is 254 g/mol. The number of pyridine rings is 1. The van der Waals surface area contributed by atoms with Crippen LogP contribution in [0.4, 0.5) is 0 Å². The molecule has 0 bridgehead atoms. The Kier molecular flexibility index (Phi) is 3.42. The van der Waals surface area contributed by atoms with Gasteiger partial charge in [0.15, 0.2) is 0 Å². The zero-order valence-corrected chi connectivity index (χ0v) is 11.7. The minimum atomic E-state index is -0.234. The van der Waals surface area contributed by atoms with Gasteiger partial charge in [0, 0.05) is 25.5 Å². The van der Waals surface area contributed by atoms with E-state index in [1.54, 1.807) is 22.2 Å². The average molecular weight is 273 g/mol. The molecular formula is C15H19N3O2. The van der Waals surface area contributed by atoms with Crippen molar-refractivity contribution in [3.63, 3.8) is 0 Å². The molecule has 3 rings (SSSR count). The second-order valence-electron chi connectivity index (χ2n) is 5.60. The minimum absolute atomic E-state index is 0.0795. The van der Waals surface area contributed by atoms with Crippen LogP contribution < -0.4 is 0 Å². The number of carbonyl (C=O) groups excluding carboxylic acids is 2. The number of amides is 2. The third kappa shape index (κ3) is 2.28. The third-order valence-corrected chi connectivity index (χ3v) is 4.25. The molecule has 1 unspecified atom stereocenters. The zero-order chi connectivity index (χ0) is 14.1. The van der Waals surface area contributed by atoms with E-state index in [9.17, 15) is 9.59 Å². The summed E-state index contributed by atoms with van der Waals surface area (Å²) in [6.07, 6.45) is 6.36. The van der Waals surface area contributed by atoms with E-state index >= 15 is 0 Å². The van der Waals surface area contributed by atoms with Crippen LogP contribution in [-0.2, 0) is 16.1 Å². The van der Waals surface area contributed by atoms with Crippen molar-refractivity contribution < 1.29 is 9.59 Å². The normalized spacial score (nSPS) is 22.9. The van der Waals surface area contributed by atoms with Crippen LogP contribution in [-0.4, -0.2) is 45.7 Å². The summed E-state index contributed by atoms with van der Waals surface area (Å²) < 4.78 is 0. The fraction of sp³-hybridized carbons (Fsp3) is 0.533. The molecule has 0 aromatic carbocycles. The van der Waals surface area contributed by atoms with Crippen LogP contribution in [0.2, 0.25) is 0 Å². The number of carbonyl (C=O) groups is 2. The number of aryl methyl sites for hydroxylation is 1. The van der Waals surface area contributed by atoms with Crippen molar-refractivity contribution in [1.82, 2.24) is 14.8 Å². The highest BCUT2D eigenvalue weighted by molar-refractivity contribution is 5.95. The molecule has 1 aromatic heterocycles.